The van der Waals surface area contributed by atoms with Crippen LogP contribution < -0.4 is 47.9 Å². The van der Waals surface area contributed by atoms with Gasteiger partial charge in [0.05, 0.1) is 52.1 Å². The molecule has 4 aromatic rings. The van der Waals surface area contributed by atoms with Crippen molar-refractivity contribution in [3.05, 3.63) is 34.1 Å². The lowest BCUT2D eigenvalue weighted by molar-refractivity contribution is 0.167. The van der Waals surface area contributed by atoms with Crippen LogP contribution in [0, 0.1) is 19.3 Å². The molecule has 712 valence electrons. The van der Waals surface area contributed by atoms with E-state index >= 15 is 0 Å². The third kappa shape index (κ3) is 59.5. The fraction of sp³-hybridized carbons (Fsp3) is 0.811. The molecule has 1 aliphatic carbocycles. The summed E-state index contributed by atoms with van der Waals surface area (Å²) in [6, 6.07) is 3.41. The zero-order chi connectivity index (χ0) is 95.4. The number of ether oxygens (including phenoxy) is 5. The van der Waals surface area contributed by atoms with E-state index in [1.807, 2.05) is 96.6 Å². The zero-order valence-corrected chi connectivity index (χ0v) is 88.9. The van der Waals surface area contributed by atoms with Crippen LogP contribution in [0.1, 0.15) is 328 Å². The van der Waals surface area contributed by atoms with Gasteiger partial charge in [0.15, 0.2) is 21.3 Å². The molecule has 0 amide bonds. The molecule has 34 heteroatoms. The molecule has 0 radical (unpaired) electrons. The number of nitrogens with zero attached hydrogens (tertiary/aromatic N) is 13. The van der Waals surface area contributed by atoms with Gasteiger partial charge in [-0.25, -0.2) is 34.9 Å². The van der Waals surface area contributed by atoms with Crippen LogP contribution in [0.4, 0.5) is 21.4 Å². The van der Waals surface area contributed by atoms with E-state index in [0.717, 1.165) is 63.6 Å². The Labute approximate surface area is 770 Å². The summed E-state index contributed by atoms with van der Waals surface area (Å²) >= 11 is 8.53. The Morgan fingerprint density at radius 1 is 0.476 bits per heavy atom. The van der Waals surface area contributed by atoms with Crippen molar-refractivity contribution in [1.82, 2.24) is 56.9 Å². The number of aliphatic hydroxyl groups excluding tert-OH is 1. The summed E-state index contributed by atoms with van der Waals surface area (Å²) in [6.07, 6.45) is 7.70. The average Bonchev–Trinajstić information content (AvgIpc) is 1.62. The van der Waals surface area contributed by atoms with Crippen LogP contribution in [0.25, 0.3) is 0 Å². The topological polar surface area (TPSA) is 352 Å². The van der Waals surface area contributed by atoms with Crippen LogP contribution >= 0.6 is 57.5 Å². The lowest BCUT2D eigenvalue weighted by Gasteiger charge is -2.21. The standard InChI is InChI=1S/C10H19NO.C9H18N2O2.C9H16N2O.C9H18N2O.C9H18N2S.C8H16N2O.C8H14N2S.C8H15NS.C7H13N3O.C7H12N2S.C6H11N3S/c1-9(2,3)11-8-6-10(4,5)7-12-8;1-8(2,3)10-7-11-9(4,5-12)6-13-7;1-8(2,3)10-7-11-9(4-5-9)6-12-7;2*1-8(2,3)10-7-11-9(4,5)6-12-7;2*1-6-5-11-7(9-6)10-8(2,3)4;1-8(2,3)9-7-5-4-6-10-7;1-5-9-10-6(11-5)8-7(2,3)4;1-7(2,3)9-6-8-4-5-10-6;1-6(2,3)8-5-9-7-4-10-5/h6-7H2,1-5H3;12H,5-6H2,1-4H3,(H,10,11);4-6H2,1-3H3,(H,10,11);2*6H2,1-5H3,(H,10,11);6H,5H2,1-4H3,(H,9,10);5H,1-4H3,(H,9,10);4-6H2,1-3H3;1-4H3,(H,8,10);4-5H,1-3H3,(H,8,9);4H,1-3H3,(H,8,9). The SMILES string of the molecule is CC(C)(C)N=C1CCCS1.CC(C)(C)NC1=NC2(CC2)CO1.CC(C)(C)Nc1nccs1.CC(C)(C)Nc1nncs1.CC1(C)COC(=NC(C)(C)C)C1.CC1(C)COC(NC(C)(C)C)=N1.CC1(C)CSC(NC(C)(C)C)=N1.CC1(CO)COC(NC(C)(C)C)=N1.CC1COC(NC(C)(C)C)=N1.Cc1csc(NC(C)(C)C)n1.Cc1nnc(NC(C)(C)C)o1. The molecular formula is C90H170N22O7S5. The van der Waals surface area contributed by atoms with E-state index in [9.17, 15) is 0 Å². The first-order chi connectivity index (χ1) is 55.8. The van der Waals surface area contributed by atoms with Gasteiger partial charge in [0.25, 0.3) is 24.1 Å². The molecule has 0 aromatic carbocycles. The number of thiazole rings is 2. The van der Waals surface area contributed by atoms with Crippen molar-refractivity contribution in [2.24, 2.45) is 40.4 Å². The van der Waals surface area contributed by atoms with Crippen LogP contribution in [0.3, 0.4) is 0 Å². The Bertz CT molecular complexity index is 3770. The number of hydrogen-bond acceptors (Lipinski definition) is 34. The molecule has 11 heterocycles. The summed E-state index contributed by atoms with van der Waals surface area (Å²) in [5.41, 5.74) is 3.49. The largest absolute Gasteiger partial charge is 0.480 e. The fourth-order valence-corrected chi connectivity index (χ4v) is 14.5. The predicted octanol–water partition coefficient (Wildman–Crippen LogP) is 20.4. The number of aliphatic imine (C=N–C) groups is 7. The normalized spacial score (nSPS) is 20.2. The predicted molar refractivity (Wildman–Crippen MR) is 535 cm³/mol. The summed E-state index contributed by atoms with van der Waals surface area (Å²) in [7, 11) is 0. The van der Waals surface area contributed by atoms with Gasteiger partial charge in [-0.15, -0.1) is 49.7 Å². The molecule has 124 heavy (non-hydrogen) atoms. The Morgan fingerprint density at radius 3 is 1.32 bits per heavy atom. The van der Waals surface area contributed by atoms with Crippen molar-refractivity contribution >= 4 is 119 Å². The van der Waals surface area contributed by atoms with Crippen molar-refractivity contribution in [3.63, 3.8) is 0 Å². The summed E-state index contributed by atoms with van der Waals surface area (Å²) < 4.78 is 32.0. The van der Waals surface area contributed by atoms with Crippen molar-refractivity contribution in [3.8, 4) is 0 Å². The van der Waals surface area contributed by atoms with Gasteiger partial charge in [0.2, 0.25) is 11.0 Å². The van der Waals surface area contributed by atoms with Gasteiger partial charge in [0, 0.05) is 91.3 Å². The Hall–Kier alpha value is -6.49. The quantitative estimate of drug-likeness (QED) is 0.0887. The number of amidine groups is 5. The number of rotatable bonds is 5. The smallest absolute Gasteiger partial charge is 0.315 e. The number of anilines is 4. The van der Waals surface area contributed by atoms with Crippen LogP contribution in [0.5, 0.6) is 0 Å². The molecule has 4 aromatic heterocycles. The number of thioether (sulfide) groups is 2. The highest BCUT2D eigenvalue weighted by atomic mass is 32.2. The van der Waals surface area contributed by atoms with Gasteiger partial charge in [-0.05, 0) is 308 Å². The van der Waals surface area contributed by atoms with Crippen LogP contribution in [-0.4, -0.2) is 216 Å². The van der Waals surface area contributed by atoms with Crippen LogP contribution in [0.15, 0.2) is 61.8 Å². The van der Waals surface area contributed by atoms with Crippen molar-refractivity contribution < 1.29 is 33.2 Å². The second kappa shape index (κ2) is 47.2. The Morgan fingerprint density at radius 2 is 0.968 bits per heavy atom. The van der Waals surface area contributed by atoms with E-state index in [1.165, 1.54) is 47.8 Å². The molecule has 8 aliphatic rings. The van der Waals surface area contributed by atoms with E-state index in [1.54, 1.807) is 41.3 Å². The maximum absolute atomic E-state index is 9.03. The number of aliphatic hydroxyl groups is 1. The fourth-order valence-electron chi connectivity index (χ4n) is 9.81. The summed E-state index contributed by atoms with van der Waals surface area (Å²) in [5.74, 6) is 3.87. The number of aromatic nitrogens is 6. The molecule has 29 nitrogen and oxygen atoms in total. The highest BCUT2D eigenvalue weighted by Crippen LogP contribution is 2.43. The first-order valence-electron chi connectivity index (χ1n) is 43.4. The van der Waals surface area contributed by atoms with Gasteiger partial charge in [-0.1, -0.05) is 42.0 Å². The monoisotopic (exact) mass is 1830 g/mol. The van der Waals surface area contributed by atoms with Crippen molar-refractivity contribution in [2.75, 3.05) is 72.4 Å². The van der Waals surface area contributed by atoms with Crippen LogP contribution in [-0.2, 0) is 23.7 Å². The maximum Gasteiger partial charge on any atom is 0.315 e. The minimum Gasteiger partial charge on any atom is -0.480 e. The molecule has 2 atom stereocenters. The van der Waals surface area contributed by atoms with Crippen LogP contribution in [0.2, 0.25) is 0 Å². The molecule has 10 N–H and O–H groups in total. The molecule has 2 saturated heterocycles. The second-order valence-electron chi connectivity index (χ2n) is 45.7. The Kier molecular flexibility index (Phi) is 43.2. The van der Waals surface area contributed by atoms with E-state index in [0.29, 0.717) is 55.8 Å². The third-order valence-corrected chi connectivity index (χ3v) is 19.5. The van der Waals surface area contributed by atoms with Gasteiger partial charge < -0.3 is 81.1 Å². The highest BCUT2D eigenvalue weighted by molar-refractivity contribution is 8.14. The number of aryl methyl sites for hydroxylation is 2. The van der Waals surface area contributed by atoms with Gasteiger partial charge in [-0.3, -0.25) is 9.98 Å². The minimum absolute atomic E-state index is 0.00421. The van der Waals surface area contributed by atoms with Gasteiger partial charge in [0.1, 0.15) is 43.0 Å². The summed E-state index contributed by atoms with van der Waals surface area (Å²) in [6.45, 7) is 93.2. The molecule has 3 fully saturated rings. The van der Waals surface area contributed by atoms with E-state index < -0.39 is 5.54 Å². The molecule has 0 bridgehead atoms. The Balaban J connectivity index is 0.000000462. The first kappa shape index (κ1) is 114. The molecule has 1 spiro atoms. The highest BCUT2D eigenvalue weighted by Gasteiger charge is 2.48. The molecule has 7 aliphatic heterocycles. The van der Waals surface area contributed by atoms with E-state index in [2.05, 4.69) is 342 Å². The number of nitrogens with one attached hydrogen (secondary N) is 9. The molecule has 12 rings (SSSR count). The molecular weight excluding hydrogens is 1660 g/mol. The zero-order valence-electron chi connectivity index (χ0n) is 84.8. The first-order valence-corrected chi connectivity index (χ1v) is 48.0. The van der Waals surface area contributed by atoms with Crippen molar-refractivity contribution in [1.29, 1.82) is 0 Å². The average molecular weight is 1830 g/mol. The maximum atomic E-state index is 9.03. The minimum atomic E-state index is -0.465. The summed E-state index contributed by atoms with van der Waals surface area (Å²) in [5, 5.41) is 62.4. The second-order valence-corrected chi connectivity index (χ2v) is 50.4. The van der Waals surface area contributed by atoms with E-state index in [-0.39, 0.29) is 89.6 Å². The summed E-state index contributed by atoms with van der Waals surface area (Å²) in [4.78, 5) is 39.5. The van der Waals surface area contributed by atoms with Crippen molar-refractivity contribution in [2.45, 2.75) is 419 Å². The molecule has 2 unspecified atom stereocenters. The lowest BCUT2D eigenvalue weighted by Crippen LogP contribution is -2.40. The third-order valence-electron chi connectivity index (χ3n) is 14.9. The van der Waals surface area contributed by atoms with E-state index in [4.69, 9.17) is 33.2 Å². The molecule has 1 saturated carbocycles. The number of hydrogen-bond donors (Lipinski definition) is 10. The van der Waals surface area contributed by atoms with Gasteiger partial charge in [-0.2, -0.15) is 0 Å². The van der Waals surface area contributed by atoms with Gasteiger partial charge >= 0.3 is 6.01 Å². The lowest BCUT2D eigenvalue weighted by atomic mass is 9.93.